The molecule has 128 valence electrons. The number of nitrogens with one attached hydrogen (secondary N) is 1. The predicted octanol–water partition coefficient (Wildman–Crippen LogP) is 1.48. The molecule has 0 unspecified atom stereocenters. The highest BCUT2D eigenvalue weighted by atomic mass is 35.5. The summed E-state index contributed by atoms with van der Waals surface area (Å²) < 4.78 is 5.45. The lowest BCUT2D eigenvalue weighted by Crippen LogP contribution is -2.29. The van der Waals surface area contributed by atoms with Crippen LogP contribution in [0.15, 0.2) is 23.6 Å². The second kappa shape index (κ2) is 8.86. The van der Waals surface area contributed by atoms with Crippen LogP contribution >= 0.6 is 34.5 Å². The van der Waals surface area contributed by atoms with Gasteiger partial charge >= 0.3 is 0 Å². The van der Waals surface area contributed by atoms with E-state index in [9.17, 15) is 14.7 Å². The lowest BCUT2D eigenvalue weighted by Gasteiger charge is -2.09. The number of carboxylic acids is 1. The van der Waals surface area contributed by atoms with E-state index in [2.05, 4.69) is 10.3 Å². The fraction of sp³-hybridized carbons (Fsp3) is 0.267. The number of halogens is 2. The minimum absolute atomic E-state index is 0.0828. The number of carboxylic acid groups (broad SMARTS) is 1. The highest BCUT2D eigenvalue weighted by Gasteiger charge is 2.08. The van der Waals surface area contributed by atoms with Crippen molar-refractivity contribution in [2.45, 2.75) is 12.8 Å². The number of nitrogens with zero attached hydrogens (tertiary/aromatic N) is 1. The first-order valence-electron chi connectivity index (χ1n) is 6.91. The van der Waals surface area contributed by atoms with Crippen LogP contribution in [-0.2, 0) is 22.4 Å². The zero-order valence-corrected chi connectivity index (χ0v) is 14.7. The Morgan fingerprint density at radius 1 is 1.29 bits per heavy atom. The molecule has 0 spiro atoms. The van der Waals surface area contributed by atoms with Gasteiger partial charge in [-0.25, -0.2) is 4.98 Å². The van der Waals surface area contributed by atoms with E-state index >= 15 is 0 Å². The minimum Gasteiger partial charge on any atom is -0.550 e. The van der Waals surface area contributed by atoms with E-state index in [4.69, 9.17) is 27.9 Å². The molecule has 0 radical (unpaired) electrons. The summed E-state index contributed by atoms with van der Waals surface area (Å²) in [5.41, 5.74) is 0.392. The highest BCUT2D eigenvalue weighted by Crippen LogP contribution is 2.27. The van der Waals surface area contributed by atoms with Crippen LogP contribution in [0.4, 0.5) is 0 Å². The van der Waals surface area contributed by atoms with Gasteiger partial charge in [-0.1, -0.05) is 23.2 Å². The molecule has 1 aromatic carbocycles. The van der Waals surface area contributed by atoms with Crippen LogP contribution in [0, 0.1) is 0 Å². The number of hydrogen-bond acceptors (Lipinski definition) is 6. The van der Waals surface area contributed by atoms with Crippen LogP contribution in [-0.4, -0.2) is 30.0 Å². The number of benzene rings is 1. The minimum atomic E-state index is -1.20. The third-order valence-corrected chi connectivity index (χ3v) is 4.24. The zero-order chi connectivity index (χ0) is 17.5. The van der Waals surface area contributed by atoms with Gasteiger partial charge < -0.3 is 20.0 Å². The summed E-state index contributed by atoms with van der Waals surface area (Å²) in [5.74, 6) is -0.938. The number of aromatic nitrogens is 1. The fourth-order valence-electron chi connectivity index (χ4n) is 1.80. The predicted molar refractivity (Wildman–Crippen MR) is 89.5 cm³/mol. The quantitative estimate of drug-likeness (QED) is 0.692. The number of hydrogen-bond donors (Lipinski definition) is 1. The Bertz CT molecular complexity index is 736. The summed E-state index contributed by atoms with van der Waals surface area (Å²) in [6.45, 7) is 0.552. The van der Waals surface area contributed by atoms with E-state index in [1.807, 2.05) is 0 Å². The van der Waals surface area contributed by atoms with Gasteiger partial charge in [-0.15, -0.1) is 11.3 Å². The molecular weight excluding hydrogens is 375 g/mol. The van der Waals surface area contributed by atoms with Crippen molar-refractivity contribution in [2.75, 3.05) is 13.2 Å². The average molecular weight is 388 g/mol. The van der Waals surface area contributed by atoms with E-state index in [0.29, 0.717) is 33.0 Å². The number of ether oxygens (including phenoxy) is 1. The first-order chi connectivity index (χ1) is 11.4. The fourth-order valence-corrected chi connectivity index (χ4v) is 3.06. The van der Waals surface area contributed by atoms with Gasteiger partial charge in [0.25, 0.3) is 0 Å². The molecule has 0 atom stereocenters. The van der Waals surface area contributed by atoms with Gasteiger partial charge in [0.2, 0.25) is 5.91 Å². The third kappa shape index (κ3) is 5.99. The van der Waals surface area contributed by atoms with Gasteiger partial charge in [-0.2, -0.15) is 0 Å². The molecule has 0 aliphatic heterocycles. The molecule has 0 fully saturated rings. The van der Waals surface area contributed by atoms with Crippen molar-refractivity contribution in [3.05, 3.63) is 44.3 Å². The Balaban J connectivity index is 1.71. The van der Waals surface area contributed by atoms with Crippen LogP contribution in [0.1, 0.15) is 10.7 Å². The molecule has 2 rings (SSSR count). The first-order valence-corrected chi connectivity index (χ1v) is 8.55. The van der Waals surface area contributed by atoms with Crippen LogP contribution in [0.5, 0.6) is 5.75 Å². The van der Waals surface area contributed by atoms with Crippen LogP contribution in [0.2, 0.25) is 10.0 Å². The maximum absolute atomic E-state index is 11.8. The number of aliphatic carboxylic acids is 1. The molecule has 24 heavy (non-hydrogen) atoms. The van der Waals surface area contributed by atoms with Crippen molar-refractivity contribution < 1.29 is 19.4 Å². The molecule has 2 aromatic rings. The van der Waals surface area contributed by atoms with Crippen LogP contribution in [0.3, 0.4) is 0 Å². The largest absolute Gasteiger partial charge is 0.550 e. The van der Waals surface area contributed by atoms with E-state index in [-0.39, 0.29) is 25.4 Å². The van der Waals surface area contributed by atoms with Crippen molar-refractivity contribution in [1.29, 1.82) is 0 Å². The maximum Gasteiger partial charge on any atom is 0.226 e. The summed E-state index contributed by atoms with van der Waals surface area (Å²) in [4.78, 5) is 26.3. The summed E-state index contributed by atoms with van der Waals surface area (Å²) >= 11 is 13.0. The van der Waals surface area contributed by atoms with Gasteiger partial charge in [0.15, 0.2) is 0 Å². The Hall–Kier alpha value is -1.83. The zero-order valence-electron chi connectivity index (χ0n) is 12.4. The van der Waals surface area contributed by atoms with Crippen molar-refractivity contribution in [1.82, 2.24) is 10.3 Å². The molecule has 1 aromatic heterocycles. The first kappa shape index (κ1) is 18.5. The van der Waals surface area contributed by atoms with Crippen LogP contribution in [0.25, 0.3) is 0 Å². The standard InChI is InChI=1S/C15H14Cl2N2O4S/c16-9-1-2-12(11(17)5-9)23-4-3-18-13(20)7-14-19-10(8-24-14)6-15(21)22/h1-2,5,8H,3-4,6-7H2,(H,18,20)(H,21,22)/p-1. The molecular formula is C15H13Cl2N2O4S-. The molecule has 1 N–H and O–H groups in total. The number of amides is 1. The Labute approximate surface area is 152 Å². The van der Waals surface area contributed by atoms with E-state index < -0.39 is 5.97 Å². The number of thiazole rings is 1. The number of carbonyl (C=O) groups is 2. The van der Waals surface area contributed by atoms with Gasteiger partial charge in [-0.3, -0.25) is 4.79 Å². The third-order valence-electron chi connectivity index (χ3n) is 2.81. The molecule has 1 amide bonds. The maximum atomic E-state index is 11.8. The van der Waals surface area contributed by atoms with Gasteiger partial charge in [0, 0.05) is 22.8 Å². The Morgan fingerprint density at radius 3 is 2.79 bits per heavy atom. The average Bonchev–Trinajstić information content (AvgIpc) is 2.91. The monoisotopic (exact) mass is 387 g/mol. The summed E-state index contributed by atoms with van der Waals surface area (Å²) in [6, 6.07) is 4.89. The van der Waals surface area contributed by atoms with Crippen molar-refractivity contribution in [3.8, 4) is 5.75 Å². The second-order valence-electron chi connectivity index (χ2n) is 4.73. The molecule has 0 aliphatic rings. The summed E-state index contributed by atoms with van der Waals surface area (Å²) in [6.07, 6.45) is -0.173. The summed E-state index contributed by atoms with van der Waals surface area (Å²) in [7, 11) is 0. The SMILES string of the molecule is O=C([O-])Cc1csc(CC(=O)NCCOc2ccc(Cl)cc2Cl)n1. The molecule has 6 nitrogen and oxygen atoms in total. The lowest BCUT2D eigenvalue weighted by atomic mass is 10.3. The molecule has 1 heterocycles. The molecule has 0 bridgehead atoms. The summed E-state index contributed by atoms with van der Waals surface area (Å²) in [5, 5.41) is 16.2. The Morgan fingerprint density at radius 2 is 2.08 bits per heavy atom. The van der Waals surface area contributed by atoms with Crippen molar-refractivity contribution in [2.24, 2.45) is 0 Å². The smallest absolute Gasteiger partial charge is 0.226 e. The lowest BCUT2D eigenvalue weighted by molar-refractivity contribution is -0.304. The van der Waals surface area contributed by atoms with Crippen LogP contribution < -0.4 is 15.2 Å². The highest BCUT2D eigenvalue weighted by molar-refractivity contribution is 7.09. The van der Waals surface area contributed by atoms with Gasteiger partial charge in [-0.05, 0) is 18.2 Å². The molecule has 0 saturated carbocycles. The van der Waals surface area contributed by atoms with E-state index in [1.54, 1.807) is 23.6 Å². The van der Waals surface area contributed by atoms with Crippen molar-refractivity contribution >= 4 is 46.4 Å². The van der Waals surface area contributed by atoms with Gasteiger partial charge in [0.1, 0.15) is 17.4 Å². The van der Waals surface area contributed by atoms with Crippen molar-refractivity contribution in [3.63, 3.8) is 0 Å². The van der Waals surface area contributed by atoms with E-state index in [1.165, 1.54) is 11.3 Å². The number of carbonyl (C=O) groups excluding carboxylic acids is 2. The Kier molecular flexibility index (Phi) is 6.84. The molecule has 0 saturated heterocycles. The molecule has 9 heteroatoms. The second-order valence-corrected chi connectivity index (χ2v) is 6.52. The topological polar surface area (TPSA) is 91.3 Å². The molecule has 0 aliphatic carbocycles. The van der Waals surface area contributed by atoms with Gasteiger partial charge in [0.05, 0.1) is 23.7 Å². The normalized spacial score (nSPS) is 10.4. The van der Waals surface area contributed by atoms with E-state index in [0.717, 1.165) is 0 Å². The number of rotatable bonds is 8.